The maximum atomic E-state index is 12.2. The first-order valence-electron chi connectivity index (χ1n) is 7.80. The molecule has 1 aromatic rings. The molecule has 2 rings (SSSR count). The lowest BCUT2D eigenvalue weighted by Gasteiger charge is -2.31. The first-order valence-corrected chi connectivity index (χ1v) is 7.80. The fourth-order valence-electron chi connectivity index (χ4n) is 3.01. The molecule has 1 fully saturated rings. The van der Waals surface area contributed by atoms with Crippen molar-refractivity contribution >= 4 is 5.91 Å². The zero-order valence-corrected chi connectivity index (χ0v) is 13.4. The van der Waals surface area contributed by atoms with Crippen LogP contribution in [-0.4, -0.2) is 30.0 Å². The van der Waals surface area contributed by atoms with E-state index in [-0.39, 0.29) is 18.1 Å². The highest BCUT2D eigenvalue weighted by atomic mass is 16.5. The van der Waals surface area contributed by atoms with Crippen molar-refractivity contribution in [2.24, 2.45) is 5.92 Å². The van der Waals surface area contributed by atoms with Gasteiger partial charge in [-0.2, -0.15) is 0 Å². The third-order valence-electron chi connectivity index (χ3n) is 3.81. The standard InChI is InChI=1S/C17H26N2O2/c1-5-21-15-8-6-14(7-9-15)17-18-11-16(20)19(17)13(4)10-12(2)3/h6-9,12-13,17-18H,5,10-11H2,1-4H3. The van der Waals surface area contributed by atoms with Crippen LogP contribution in [0.3, 0.4) is 0 Å². The second-order valence-corrected chi connectivity index (χ2v) is 6.07. The van der Waals surface area contributed by atoms with Gasteiger partial charge < -0.3 is 9.64 Å². The van der Waals surface area contributed by atoms with Gasteiger partial charge in [0.2, 0.25) is 5.91 Å². The molecule has 2 atom stereocenters. The number of nitrogens with zero attached hydrogens (tertiary/aromatic N) is 1. The van der Waals surface area contributed by atoms with Gasteiger partial charge in [0.15, 0.2) is 0 Å². The molecule has 4 heteroatoms. The van der Waals surface area contributed by atoms with Gasteiger partial charge in [0.05, 0.1) is 13.2 Å². The third kappa shape index (κ3) is 3.76. The van der Waals surface area contributed by atoms with E-state index < -0.39 is 0 Å². The molecule has 1 N–H and O–H groups in total. The van der Waals surface area contributed by atoms with Crippen LogP contribution >= 0.6 is 0 Å². The van der Waals surface area contributed by atoms with Crippen LogP contribution in [0, 0.1) is 5.92 Å². The lowest BCUT2D eigenvalue weighted by Crippen LogP contribution is -2.38. The monoisotopic (exact) mass is 290 g/mol. The normalized spacial score (nSPS) is 20.1. The molecule has 1 heterocycles. The van der Waals surface area contributed by atoms with Crippen molar-refractivity contribution < 1.29 is 9.53 Å². The number of hydrogen-bond acceptors (Lipinski definition) is 3. The average molecular weight is 290 g/mol. The predicted octanol–water partition coefficient (Wildman–Crippen LogP) is 2.95. The molecule has 21 heavy (non-hydrogen) atoms. The minimum atomic E-state index is -0.0260. The quantitative estimate of drug-likeness (QED) is 0.876. The van der Waals surface area contributed by atoms with E-state index in [2.05, 4.69) is 26.1 Å². The minimum Gasteiger partial charge on any atom is -0.494 e. The smallest absolute Gasteiger partial charge is 0.238 e. The lowest BCUT2D eigenvalue weighted by molar-refractivity contribution is -0.130. The summed E-state index contributed by atoms with van der Waals surface area (Å²) in [6, 6.07) is 8.25. The summed E-state index contributed by atoms with van der Waals surface area (Å²) in [6.07, 6.45) is 0.989. The zero-order valence-electron chi connectivity index (χ0n) is 13.4. The van der Waals surface area contributed by atoms with Crippen LogP contribution in [0.2, 0.25) is 0 Å². The summed E-state index contributed by atoms with van der Waals surface area (Å²) in [4.78, 5) is 14.2. The van der Waals surface area contributed by atoms with Crippen molar-refractivity contribution in [3.63, 3.8) is 0 Å². The number of carbonyl (C=O) groups excluding carboxylic acids is 1. The fraction of sp³-hybridized carbons (Fsp3) is 0.588. The maximum absolute atomic E-state index is 12.2. The maximum Gasteiger partial charge on any atom is 0.238 e. The Balaban J connectivity index is 2.14. The van der Waals surface area contributed by atoms with E-state index in [0.29, 0.717) is 19.1 Å². The first kappa shape index (κ1) is 15.8. The summed E-state index contributed by atoms with van der Waals surface area (Å²) in [5, 5.41) is 3.31. The first-order chi connectivity index (χ1) is 10.0. The SMILES string of the molecule is CCOc1ccc(C2NCC(=O)N2C(C)CC(C)C)cc1. The van der Waals surface area contributed by atoms with Crippen LogP contribution in [0.15, 0.2) is 24.3 Å². The van der Waals surface area contributed by atoms with E-state index >= 15 is 0 Å². The fourth-order valence-corrected chi connectivity index (χ4v) is 3.01. The molecule has 0 aliphatic carbocycles. The predicted molar refractivity (Wildman–Crippen MR) is 84.1 cm³/mol. The van der Waals surface area contributed by atoms with Gasteiger partial charge in [0, 0.05) is 6.04 Å². The molecule has 1 aliphatic rings. The van der Waals surface area contributed by atoms with Gasteiger partial charge in [-0.15, -0.1) is 0 Å². The Kier molecular flexibility index (Phi) is 5.23. The molecule has 0 bridgehead atoms. The number of benzene rings is 1. The molecule has 1 aliphatic heterocycles. The number of rotatable bonds is 6. The van der Waals surface area contributed by atoms with Crippen LogP contribution in [0.1, 0.15) is 45.8 Å². The molecule has 0 spiro atoms. The summed E-state index contributed by atoms with van der Waals surface area (Å²) in [6.45, 7) is 9.57. The number of amides is 1. The zero-order chi connectivity index (χ0) is 15.4. The van der Waals surface area contributed by atoms with Crippen LogP contribution in [0.25, 0.3) is 0 Å². The van der Waals surface area contributed by atoms with Gasteiger partial charge in [-0.25, -0.2) is 0 Å². The highest BCUT2D eigenvalue weighted by Gasteiger charge is 2.34. The van der Waals surface area contributed by atoms with Crippen LogP contribution in [-0.2, 0) is 4.79 Å². The van der Waals surface area contributed by atoms with Gasteiger partial charge in [0.25, 0.3) is 0 Å². The second kappa shape index (κ2) is 6.94. The lowest BCUT2D eigenvalue weighted by atomic mass is 10.0. The Bertz CT molecular complexity index is 470. The average Bonchev–Trinajstić information content (AvgIpc) is 2.81. The molecule has 0 aromatic heterocycles. The van der Waals surface area contributed by atoms with Gasteiger partial charge in [0.1, 0.15) is 11.9 Å². The Morgan fingerprint density at radius 2 is 1.95 bits per heavy atom. The number of nitrogens with one attached hydrogen (secondary N) is 1. The van der Waals surface area contributed by atoms with Gasteiger partial charge in [-0.3, -0.25) is 10.1 Å². The van der Waals surface area contributed by atoms with Crippen LogP contribution in [0.4, 0.5) is 0 Å². The van der Waals surface area contributed by atoms with Gasteiger partial charge >= 0.3 is 0 Å². The van der Waals surface area contributed by atoms with Crippen molar-refractivity contribution in [1.82, 2.24) is 10.2 Å². The van der Waals surface area contributed by atoms with Crippen molar-refractivity contribution in [2.75, 3.05) is 13.2 Å². The van der Waals surface area contributed by atoms with E-state index in [0.717, 1.165) is 17.7 Å². The Hall–Kier alpha value is -1.55. The van der Waals surface area contributed by atoms with Crippen LogP contribution < -0.4 is 10.1 Å². The summed E-state index contributed by atoms with van der Waals surface area (Å²) < 4.78 is 5.47. The van der Waals surface area contributed by atoms with Crippen molar-refractivity contribution in [3.8, 4) is 5.75 Å². The second-order valence-electron chi connectivity index (χ2n) is 6.07. The highest BCUT2D eigenvalue weighted by Crippen LogP contribution is 2.28. The molecule has 1 aromatic carbocycles. The molecule has 1 amide bonds. The number of carbonyl (C=O) groups is 1. The topological polar surface area (TPSA) is 41.6 Å². The third-order valence-corrected chi connectivity index (χ3v) is 3.81. The van der Waals surface area contributed by atoms with E-state index in [1.165, 1.54) is 0 Å². The molecule has 0 saturated carbocycles. The Morgan fingerprint density at radius 1 is 1.29 bits per heavy atom. The summed E-state index contributed by atoms with van der Waals surface area (Å²) in [5.41, 5.74) is 1.11. The molecule has 1 saturated heterocycles. The van der Waals surface area contributed by atoms with E-state index in [1.807, 2.05) is 36.1 Å². The molecular weight excluding hydrogens is 264 g/mol. The molecule has 4 nitrogen and oxygen atoms in total. The van der Waals surface area contributed by atoms with Crippen molar-refractivity contribution in [1.29, 1.82) is 0 Å². The Labute approximate surface area is 127 Å². The van der Waals surface area contributed by atoms with E-state index in [9.17, 15) is 4.79 Å². The molecule has 116 valence electrons. The summed E-state index contributed by atoms with van der Waals surface area (Å²) in [5.74, 6) is 1.63. The highest BCUT2D eigenvalue weighted by molar-refractivity contribution is 5.81. The van der Waals surface area contributed by atoms with E-state index in [4.69, 9.17) is 4.74 Å². The molecule has 0 radical (unpaired) electrons. The largest absolute Gasteiger partial charge is 0.494 e. The summed E-state index contributed by atoms with van der Waals surface area (Å²) >= 11 is 0. The number of hydrogen-bond donors (Lipinski definition) is 1. The van der Waals surface area contributed by atoms with Gasteiger partial charge in [-0.1, -0.05) is 26.0 Å². The van der Waals surface area contributed by atoms with E-state index in [1.54, 1.807) is 0 Å². The van der Waals surface area contributed by atoms with Crippen molar-refractivity contribution in [2.45, 2.75) is 46.3 Å². The van der Waals surface area contributed by atoms with Crippen molar-refractivity contribution in [3.05, 3.63) is 29.8 Å². The molecular formula is C17H26N2O2. The van der Waals surface area contributed by atoms with Gasteiger partial charge in [-0.05, 0) is 43.9 Å². The minimum absolute atomic E-state index is 0.0260. The van der Waals surface area contributed by atoms with Crippen LogP contribution in [0.5, 0.6) is 5.75 Å². The Morgan fingerprint density at radius 3 is 2.52 bits per heavy atom. The summed E-state index contributed by atoms with van der Waals surface area (Å²) in [7, 11) is 0. The number of ether oxygens (including phenoxy) is 1. The molecule has 2 unspecified atom stereocenters.